The predicted octanol–water partition coefficient (Wildman–Crippen LogP) is 1.57. The van der Waals surface area contributed by atoms with Crippen molar-refractivity contribution in [3.63, 3.8) is 0 Å². The van der Waals surface area contributed by atoms with E-state index in [2.05, 4.69) is 19.2 Å². The van der Waals surface area contributed by atoms with Gasteiger partial charge in [-0.25, -0.2) is 4.39 Å². The fourth-order valence-corrected chi connectivity index (χ4v) is 2.39. The van der Waals surface area contributed by atoms with Crippen LogP contribution in [-0.2, 0) is 13.2 Å². The zero-order chi connectivity index (χ0) is 16.8. The summed E-state index contributed by atoms with van der Waals surface area (Å²) in [5.41, 5.74) is 1.47. The smallest absolute Gasteiger partial charge is 0.180 e. The van der Waals surface area contributed by atoms with Crippen LogP contribution in [0.5, 0.6) is 11.5 Å². The van der Waals surface area contributed by atoms with E-state index in [0.717, 1.165) is 5.56 Å². The highest BCUT2D eigenvalue weighted by atomic mass is 35.5. The minimum atomic E-state index is -0.305. The summed E-state index contributed by atoms with van der Waals surface area (Å²) in [4.78, 5) is 0. The standard InChI is InChI=1S/C18H21ClFNO2.ClH/c1-12(2)21-10-13-8-15(19)18(17(9-13)22-3)23-11-14-6-4-5-7-16(14)20;/h4-9,12,21H,10-11H2,1-3H3;1H/p-1. The molecule has 2 rings (SSSR count). The summed E-state index contributed by atoms with van der Waals surface area (Å²) in [6.45, 7) is 4.92. The first-order valence-electron chi connectivity index (χ1n) is 7.47. The van der Waals surface area contributed by atoms with Gasteiger partial charge in [0.05, 0.1) is 12.1 Å². The molecule has 0 aromatic heterocycles. The highest BCUT2D eigenvalue weighted by Crippen LogP contribution is 2.37. The molecular formula is C18H21Cl2FNO2-. The van der Waals surface area contributed by atoms with Crippen molar-refractivity contribution in [1.82, 2.24) is 5.32 Å². The van der Waals surface area contributed by atoms with Gasteiger partial charge < -0.3 is 27.2 Å². The van der Waals surface area contributed by atoms with E-state index in [9.17, 15) is 4.39 Å². The van der Waals surface area contributed by atoms with Crippen molar-refractivity contribution in [2.45, 2.75) is 33.0 Å². The second-order valence-electron chi connectivity index (χ2n) is 5.52. The number of nitrogens with one attached hydrogen (secondary N) is 1. The molecule has 0 aliphatic heterocycles. The molecule has 0 unspecified atom stereocenters. The molecule has 0 bridgehead atoms. The van der Waals surface area contributed by atoms with Gasteiger partial charge >= 0.3 is 0 Å². The average molecular weight is 373 g/mol. The number of halogens is 3. The van der Waals surface area contributed by atoms with E-state index in [4.69, 9.17) is 21.1 Å². The molecule has 2 aromatic rings. The molecule has 3 nitrogen and oxygen atoms in total. The van der Waals surface area contributed by atoms with Gasteiger partial charge in [-0.3, -0.25) is 0 Å². The highest BCUT2D eigenvalue weighted by Gasteiger charge is 2.13. The minimum Gasteiger partial charge on any atom is -1.00 e. The molecule has 6 heteroatoms. The van der Waals surface area contributed by atoms with Crippen molar-refractivity contribution in [2.24, 2.45) is 0 Å². The summed E-state index contributed by atoms with van der Waals surface area (Å²) in [5, 5.41) is 3.77. The first-order chi connectivity index (χ1) is 11.0. The molecule has 0 aliphatic rings. The van der Waals surface area contributed by atoms with Gasteiger partial charge in [0.25, 0.3) is 0 Å². The second kappa shape index (κ2) is 9.72. The Morgan fingerprint density at radius 3 is 2.54 bits per heavy atom. The lowest BCUT2D eigenvalue weighted by Crippen LogP contribution is -3.00. The van der Waals surface area contributed by atoms with Crippen molar-refractivity contribution in [3.05, 3.63) is 58.4 Å². The first kappa shape index (κ1) is 20.6. The molecule has 24 heavy (non-hydrogen) atoms. The van der Waals surface area contributed by atoms with E-state index in [1.54, 1.807) is 25.3 Å². The Bertz CT molecular complexity index is 665. The number of benzene rings is 2. The minimum absolute atomic E-state index is 0. The molecule has 0 saturated heterocycles. The van der Waals surface area contributed by atoms with Crippen molar-refractivity contribution < 1.29 is 26.3 Å². The number of rotatable bonds is 7. The zero-order valence-corrected chi connectivity index (χ0v) is 15.4. The van der Waals surface area contributed by atoms with Crippen LogP contribution in [0.25, 0.3) is 0 Å². The normalized spacial score (nSPS) is 10.4. The highest BCUT2D eigenvalue weighted by molar-refractivity contribution is 6.32. The molecule has 0 heterocycles. The topological polar surface area (TPSA) is 30.5 Å². The molecular weight excluding hydrogens is 352 g/mol. The Balaban J connectivity index is 0.00000288. The van der Waals surface area contributed by atoms with Gasteiger partial charge in [-0.05, 0) is 23.8 Å². The molecule has 0 fully saturated rings. The molecule has 0 saturated carbocycles. The summed E-state index contributed by atoms with van der Waals surface area (Å²) < 4.78 is 24.7. The number of ether oxygens (including phenoxy) is 2. The SMILES string of the molecule is COc1cc(CNC(C)C)cc(Cl)c1OCc1ccccc1F.[Cl-]. The molecule has 0 spiro atoms. The summed E-state index contributed by atoms with van der Waals surface area (Å²) in [6, 6.07) is 10.6. The van der Waals surface area contributed by atoms with E-state index in [-0.39, 0.29) is 24.8 Å². The van der Waals surface area contributed by atoms with Crippen molar-refractivity contribution in [1.29, 1.82) is 0 Å². The van der Waals surface area contributed by atoms with Crippen LogP contribution in [-0.4, -0.2) is 13.2 Å². The largest absolute Gasteiger partial charge is 1.00 e. The molecule has 132 valence electrons. The van der Waals surface area contributed by atoms with Crippen LogP contribution < -0.4 is 27.2 Å². The quantitative estimate of drug-likeness (QED) is 0.800. The Labute approximate surface area is 153 Å². The summed E-state index contributed by atoms with van der Waals surface area (Å²) in [5.74, 6) is 0.653. The van der Waals surface area contributed by atoms with Crippen molar-refractivity contribution in [3.8, 4) is 11.5 Å². The van der Waals surface area contributed by atoms with E-state index >= 15 is 0 Å². The van der Waals surface area contributed by atoms with Crippen LogP contribution in [0.1, 0.15) is 25.0 Å². The zero-order valence-electron chi connectivity index (χ0n) is 13.9. The fourth-order valence-electron chi connectivity index (χ4n) is 2.10. The third-order valence-corrected chi connectivity index (χ3v) is 3.61. The lowest BCUT2D eigenvalue weighted by atomic mass is 10.2. The van der Waals surface area contributed by atoms with Gasteiger partial charge in [0.15, 0.2) is 11.5 Å². The van der Waals surface area contributed by atoms with Gasteiger partial charge in [-0.1, -0.05) is 43.6 Å². The maximum atomic E-state index is 13.7. The monoisotopic (exact) mass is 372 g/mol. The molecule has 0 atom stereocenters. The van der Waals surface area contributed by atoms with Crippen LogP contribution in [0.3, 0.4) is 0 Å². The van der Waals surface area contributed by atoms with Gasteiger partial charge in [0.1, 0.15) is 12.4 Å². The number of hydrogen-bond donors (Lipinski definition) is 1. The van der Waals surface area contributed by atoms with Gasteiger partial charge in [0, 0.05) is 18.2 Å². The van der Waals surface area contributed by atoms with Crippen LogP contribution in [0.4, 0.5) is 4.39 Å². The van der Waals surface area contributed by atoms with Crippen LogP contribution >= 0.6 is 11.6 Å². The van der Waals surface area contributed by atoms with E-state index in [0.29, 0.717) is 34.7 Å². The Hall–Kier alpha value is -1.49. The summed E-state index contributed by atoms with van der Waals surface area (Å²) >= 11 is 6.31. The van der Waals surface area contributed by atoms with E-state index in [1.165, 1.54) is 6.07 Å². The van der Waals surface area contributed by atoms with Crippen molar-refractivity contribution in [2.75, 3.05) is 7.11 Å². The molecule has 0 amide bonds. The predicted molar refractivity (Wildman–Crippen MR) is 90.7 cm³/mol. The molecule has 1 N–H and O–H groups in total. The van der Waals surface area contributed by atoms with Gasteiger partial charge in [-0.2, -0.15) is 0 Å². The third kappa shape index (κ3) is 5.55. The lowest BCUT2D eigenvalue weighted by Gasteiger charge is -2.15. The van der Waals surface area contributed by atoms with E-state index in [1.807, 2.05) is 12.1 Å². The van der Waals surface area contributed by atoms with Crippen molar-refractivity contribution >= 4 is 11.6 Å². The summed E-state index contributed by atoms with van der Waals surface area (Å²) in [6.07, 6.45) is 0. The van der Waals surface area contributed by atoms with Gasteiger partial charge in [0.2, 0.25) is 0 Å². The average Bonchev–Trinajstić information content (AvgIpc) is 2.52. The van der Waals surface area contributed by atoms with E-state index < -0.39 is 0 Å². The molecule has 0 aliphatic carbocycles. The van der Waals surface area contributed by atoms with Crippen LogP contribution in [0, 0.1) is 5.82 Å². The Morgan fingerprint density at radius 1 is 1.21 bits per heavy atom. The third-order valence-electron chi connectivity index (χ3n) is 3.33. The fraction of sp³-hybridized carbons (Fsp3) is 0.333. The van der Waals surface area contributed by atoms with Crippen LogP contribution in [0.15, 0.2) is 36.4 Å². The maximum absolute atomic E-state index is 13.7. The summed E-state index contributed by atoms with van der Waals surface area (Å²) in [7, 11) is 1.56. The first-order valence-corrected chi connectivity index (χ1v) is 7.85. The number of methoxy groups -OCH3 is 1. The molecule has 2 aromatic carbocycles. The lowest BCUT2D eigenvalue weighted by molar-refractivity contribution is -0.00000604. The van der Waals surface area contributed by atoms with Gasteiger partial charge in [-0.15, -0.1) is 0 Å². The maximum Gasteiger partial charge on any atom is 0.180 e. The van der Waals surface area contributed by atoms with Crippen LogP contribution in [0.2, 0.25) is 5.02 Å². The molecule has 0 radical (unpaired) electrons. The second-order valence-corrected chi connectivity index (χ2v) is 5.93. The Kier molecular flexibility index (Phi) is 8.32. The number of hydrogen-bond acceptors (Lipinski definition) is 3. The Morgan fingerprint density at radius 2 is 1.92 bits per heavy atom.